The molecule has 2 aromatic carbocycles. The first-order chi connectivity index (χ1) is 16.8. The molecular formula is C25H14Cl2F2N4O2. The monoisotopic (exact) mass is 510 g/mol. The molecule has 3 heterocycles. The minimum Gasteiger partial charge on any atom is -0.340 e. The van der Waals surface area contributed by atoms with Gasteiger partial charge in [-0.2, -0.15) is 0 Å². The van der Waals surface area contributed by atoms with Gasteiger partial charge in [0.2, 0.25) is 0 Å². The van der Waals surface area contributed by atoms with Gasteiger partial charge >= 0.3 is 0 Å². The first-order valence-corrected chi connectivity index (χ1v) is 11.0. The maximum Gasteiger partial charge on any atom is 0.271 e. The molecule has 5 rings (SSSR count). The van der Waals surface area contributed by atoms with Crippen molar-refractivity contribution in [3.63, 3.8) is 0 Å². The summed E-state index contributed by atoms with van der Waals surface area (Å²) in [4.78, 5) is 34.4. The number of hydrogen-bond donors (Lipinski definition) is 2. The molecule has 0 saturated carbocycles. The van der Waals surface area contributed by atoms with Gasteiger partial charge in [-0.25, -0.2) is 13.8 Å². The molecule has 2 amide bonds. The van der Waals surface area contributed by atoms with Gasteiger partial charge in [0.15, 0.2) is 0 Å². The number of anilines is 1. The Morgan fingerprint density at radius 1 is 0.971 bits per heavy atom. The smallest absolute Gasteiger partial charge is 0.271 e. The van der Waals surface area contributed by atoms with Gasteiger partial charge in [-0.15, -0.1) is 0 Å². The van der Waals surface area contributed by atoms with E-state index in [1.165, 1.54) is 24.3 Å². The van der Waals surface area contributed by atoms with Gasteiger partial charge in [-0.3, -0.25) is 14.6 Å². The number of benzene rings is 2. The number of amides is 2. The molecule has 6 nitrogen and oxygen atoms in total. The molecule has 0 aliphatic carbocycles. The van der Waals surface area contributed by atoms with Crippen molar-refractivity contribution in [3.05, 3.63) is 111 Å². The summed E-state index contributed by atoms with van der Waals surface area (Å²) >= 11 is 12.2. The van der Waals surface area contributed by atoms with Crippen molar-refractivity contribution < 1.29 is 18.4 Å². The predicted octanol–water partition coefficient (Wildman–Crippen LogP) is 5.81. The molecule has 1 aliphatic rings. The minimum absolute atomic E-state index is 0.0244. The van der Waals surface area contributed by atoms with Crippen LogP contribution in [-0.4, -0.2) is 21.8 Å². The van der Waals surface area contributed by atoms with E-state index in [2.05, 4.69) is 20.6 Å². The second-order valence-corrected chi connectivity index (χ2v) is 8.58. The van der Waals surface area contributed by atoms with Gasteiger partial charge in [-0.1, -0.05) is 23.2 Å². The molecule has 0 bridgehead atoms. The summed E-state index contributed by atoms with van der Waals surface area (Å²) < 4.78 is 27.9. The van der Waals surface area contributed by atoms with E-state index < -0.39 is 29.5 Å². The fourth-order valence-electron chi connectivity index (χ4n) is 3.91. The third kappa shape index (κ3) is 4.45. The van der Waals surface area contributed by atoms with Crippen LogP contribution in [0.3, 0.4) is 0 Å². The lowest BCUT2D eigenvalue weighted by Crippen LogP contribution is -2.21. The number of carbonyl (C=O) groups excluding carboxylic acids is 2. The maximum absolute atomic E-state index is 14.1. The van der Waals surface area contributed by atoms with Crippen LogP contribution in [0.15, 0.2) is 67.0 Å². The highest BCUT2D eigenvalue weighted by Gasteiger charge is 2.36. The van der Waals surface area contributed by atoms with Crippen LogP contribution in [0.5, 0.6) is 0 Å². The summed E-state index contributed by atoms with van der Waals surface area (Å²) in [5.41, 5.74) is 1.86. The molecule has 0 saturated heterocycles. The van der Waals surface area contributed by atoms with Gasteiger partial charge in [-0.05, 0) is 54.6 Å². The van der Waals surface area contributed by atoms with E-state index in [4.69, 9.17) is 23.2 Å². The summed E-state index contributed by atoms with van der Waals surface area (Å²) in [6.45, 7) is 0. The molecule has 0 fully saturated rings. The lowest BCUT2D eigenvalue weighted by atomic mass is 9.97. The Hall–Kier alpha value is -3.88. The van der Waals surface area contributed by atoms with Gasteiger partial charge in [0, 0.05) is 44.7 Å². The normalized spacial score (nSPS) is 14.4. The minimum atomic E-state index is -0.883. The number of nitrogens with one attached hydrogen (secondary N) is 2. The lowest BCUT2D eigenvalue weighted by Gasteiger charge is -2.18. The molecule has 1 atom stereocenters. The van der Waals surface area contributed by atoms with Crippen molar-refractivity contribution >= 4 is 40.7 Å². The Bertz CT molecular complexity index is 1480. The van der Waals surface area contributed by atoms with Crippen molar-refractivity contribution in [2.24, 2.45) is 0 Å². The Morgan fingerprint density at radius 3 is 2.49 bits per heavy atom. The quantitative estimate of drug-likeness (QED) is 0.362. The molecule has 1 unspecified atom stereocenters. The highest BCUT2D eigenvalue weighted by molar-refractivity contribution is 6.31. The van der Waals surface area contributed by atoms with E-state index in [0.29, 0.717) is 22.4 Å². The van der Waals surface area contributed by atoms with Crippen molar-refractivity contribution in [2.45, 2.75) is 6.04 Å². The van der Waals surface area contributed by atoms with Crippen molar-refractivity contribution in [1.82, 2.24) is 15.3 Å². The highest BCUT2D eigenvalue weighted by atomic mass is 35.5. The topological polar surface area (TPSA) is 84.0 Å². The van der Waals surface area contributed by atoms with E-state index in [-0.39, 0.29) is 27.0 Å². The molecule has 35 heavy (non-hydrogen) atoms. The molecule has 2 aromatic heterocycles. The number of pyridine rings is 2. The average molecular weight is 511 g/mol. The summed E-state index contributed by atoms with van der Waals surface area (Å²) in [6, 6.07) is 11.3. The Balaban J connectivity index is 1.67. The van der Waals surface area contributed by atoms with Crippen LogP contribution in [0, 0.1) is 11.6 Å². The van der Waals surface area contributed by atoms with Crippen LogP contribution in [0.25, 0.3) is 11.3 Å². The summed E-state index contributed by atoms with van der Waals surface area (Å²) in [7, 11) is 0. The Morgan fingerprint density at radius 2 is 1.74 bits per heavy atom. The van der Waals surface area contributed by atoms with Crippen LogP contribution in [0.1, 0.15) is 38.0 Å². The molecule has 0 spiro atoms. The summed E-state index contributed by atoms with van der Waals surface area (Å²) in [5.74, 6) is -2.41. The molecule has 174 valence electrons. The number of rotatable bonds is 4. The average Bonchev–Trinajstić information content (AvgIpc) is 3.17. The van der Waals surface area contributed by atoms with Crippen molar-refractivity contribution in [1.29, 1.82) is 0 Å². The van der Waals surface area contributed by atoms with Crippen LogP contribution >= 0.6 is 23.2 Å². The van der Waals surface area contributed by atoms with Crippen LogP contribution in [0.4, 0.5) is 14.5 Å². The van der Waals surface area contributed by atoms with Gasteiger partial charge in [0.25, 0.3) is 11.8 Å². The van der Waals surface area contributed by atoms with Gasteiger partial charge in [0.05, 0.1) is 17.4 Å². The number of nitrogens with zero attached hydrogens (tertiary/aromatic N) is 2. The molecule has 4 aromatic rings. The van der Waals surface area contributed by atoms with E-state index in [9.17, 15) is 18.4 Å². The molecule has 1 aliphatic heterocycles. The number of fused-ring (bicyclic) bond motifs is 1. The molecule has 2 N–H and O–H groups in total. The predicted molar refractivity (Wildman–Crippen MR) is 128 cm³/mol. The molecule has 0 radical (unpaired) electrons. The number of aromatic nitrogens is 2. The fourth-order valence-corrected chi connectivity index (χ4v) is 4.36. The number of halogens is 4. The zero-order chi connectivity index (χ0) is 24.7. The van der Waals surface area contributed by atoms with Gasteiger partial charge in [0.1, 0.15) is 17.3 Å². The Kier molecular flexibility index (Phi) is 5.92. The Labute approximate surface area is 207 Å². The van der Waals surface area contributed by atoms with Crippen molar-refractivity contribution in [2.75, 3.05) is 5.32 Å². The second kappa shape index (κ2) is 9.05. The lowest BCUT2D eigenvalue weighted by molar-refractivity contribution is 0.0955. The number of carbonyl (C=O) groups is 2. The van der Waals surface area contributed by atoms with E-state index >= 15 is 0 Å². The fraction of sp³-hybridized carbons (Fsp3) is 0.0400. The van der Waals surface area contributed by atoms with Gasteiger partial charge < -0.3 is 10.6 Å². The first kappa shape index (κ1) is 22.9. The summed E-state index contributed by atoms with van der Waals surface area (Å²) in [5, 5.41) is 5.75. The largest absolute Gasteiger partial charge is 0.340 e. The first-order valence-electron chi connectivity index (χ1n) is 10.3. The van der Waals surface area contributed by atoms with E-state index in [1.807, 2.05) is 0 Å². The van der Waals surface area contributed by atoms with Crippen LogP contribution in [0.2, 0.25) is 10.0 Å². The third-order valence-corrected chi connectivity index (χ3v) is 6.02. The molecule has 10 heteroatoms. The maximum atomic E-state index is 14.1. The van der Waals surface area contributed by atoms with E-state index in [0.717, 1.165) is 12.1 Å². The summed E-state index contributed by atoms with van der Waals surface area (Å²) in [6.07, 6.45) is 3.12. The second-order valence-electron chi connectivity index (χ2n) is 7.74. The van der Waals surface area contributed by atoms with Crippen LogP contribution < -0.4 is 10.6 Å². The van der Waals surface area contributed by atoms with Crippen LogP contribution in [-0.2, 0) is 0 Å². The zero-order valence-corrected chi connectivity index (χ0v) is 19.2. The molecular weight excluding hydrogens is 497 g/mol. The van der Waals surface area contributed by atoms with E-state index in [1.54, 1.807) is 30.6 Å². The SMILES string of the molecule is O=C(Nc1cc(-c2ccncc2)nc2c1C(c1cc(F)ccc1Cl)NC2=O)c1cc(F)cc(Cl)c1. The highest BCUT2D eigenvalue weighted by Crippen LogP contribution is 2.40. The third-order valence-electron chi connectivity index (χ3n) is 5.46. The standard InChI is InChI=1S/C25H14Cl2F2N4O2/c26-14-7-13(8-16(29)9-14)24(34)32-20-11-19(12-3-5-30-6-4-12)31-23-21(20)22(33-25(23)35)17-10-15(28)1-2-18(17)27/h1-11,22H,(H,33,35)(H,31,32,34). The number of hydrogen-bond acceptors (Lipinski definition) is 4. The zero-order valence-electron chi connectivity index (χ0n) is 17.7. The van der Waals surface area contributed by atoms with Crippen molar-refractivity contribution in [3.8, 4) is 11.3 Å².